The van der Waals surface area contributed by atoms with E-state index in [4.69, 9.17) is 14.2 Å². The first-order chi connectivity index (χ1) is 38.7. The van der Waals surface area contributed by atoms with Crippen LogP contribution in [0.2, 0.25) is 0 Å². The molecule has 0 aromatic heterocycles. The van der Waals surface area contributed by atoms with E-state index in [0.717, 1.165) is 57.8 Å². The minimum absolute atomic E-state index is 0.00182. The highest BCUT2D eigenvalue weighted by Gasteiger charge is 2.44. The van der Waals surface area contributed by atoms with Crippen molar-refractivity contribution in [3.05, 3.63) is 36.5 Å². The molecule has 1 rings (SSSR count). The molecule has 0 spiro atoms. The predicted molar refractivity (Wildman–Crippen MR) is 329 cm³/mol. The molecule has 0 aliphatic carbocycles. The summed E-state index contributed by atoms with van der Waals surface area (Å²) in [7, 11) is 0. The molecule has 7 atom stereocenters. The van der Waals surface area contributed by atoms with Crippen LogP contribution in [0.3, 0.4) is 0 Å². The van der Waals surface area contributed by atoms with E-state index < -0.39 is 49.5 Å². The Kier molecular flexibility index (Phi) is 54.7. The van der Waals surface area contributed by atoms with Crippen molar-refractivity contribution in [1.29, 1.82) is 0 Å². The lowest BCUT2D eigenvalue weighted by Gasteiger charge is -2.40. The van der Waals surface area contributed by atoms with E-state index in [9.17, 15) is 35.1 Å². The summed E-state index contributed by atoms with van der Waals surface area (Å²) in [6.07, 6.45) is 62.8. The van der Waals surface area contributed by atoms with Gasteiger partial charge in [-0.05, 0) is 83.5 Å². The highest BCUT2D eigenvalue weighted by Crippen LogP contribution is 2.23. The second kappa shape index (κ2) is 57.7. The molecular formula is C68H127NO10. The van der Waals surface area contributed by atoms with Crippen molar-refractivity contribution in [2.45, 2.75) is 365 Å². The summed E-state index contributed by atoms with van der Waals surface area (Å²) >= 11 is 0. The molecule has 11 nitrogen and oxygen atoms in total. The van der Waals surface area contributed by atoms with E-state index >= 15 is 0 Å². The molecule has 7 unspecified atom stereocenters. The lowest BCUT2D eigenvalue weighted by Crippen LogP contribution is -2.60. The van der Waals surface area contributed by atoms with Gasteiger partial charge in [0.2, 0.25) is 5.91 Å². The standard InChI is InChI=1S/C68H127NO10/c1-3-5-7-9-11-13-14-15-33-36-40-44-48-52-56-64(73)77-57-53-49-45-41-37-34-31-29-27-25-23-21-19-17-16-18-20-22-24-26-28-30-32-35-39-43-47-51-55-63(72)69-60(61(71)54-50-46-42-38-12-10-8-6-4-2)59-78-68-67(76)66(75)65(74)62(58-70)79-68/h14-17,50,54,60-62,65-68,70-71,74-76H,3-13,18-49,51-53,55-59H2,1-2H3,(H,69,72)/b15-14-,17-16-,54-50+. The van der Waals surface area contributed by atoms with Crippen LogP contribution in [0.5, 0.6) is 0 Å². The summed E-state index contributed by atoms with van der Waals surface area (Å²) in [4.78, 5) is 25.1. The molecule has 1 aliphatic rings. The second-order valence-corrected chi connectivity index (χ2v) is 23.5. The van der Waals surface area contributed by atoms with Gasteiger partial charge in [-0.1, -0.05) is 262 Å². The van der Waals surface area contributed by atoms with Crippen LogP contribution in [0.25, 0.3) is 0 Å². The average Bonchev–Trinajstić information content (AvgIpc) is 3.47. The Labute approximate surface area is 485 Å². The van der Waals surface area contributed by atoms with Gasteiger partial charge in [0, 0.05) is 12.8 Å². The van der Waals surface area contributed by atoms with Gasteiger partial charge in [-0.15, -0.1) is 0 Å². The van der Waals surface area contributed by atoms with E-state index in [1.54, 1.807) is 6.08 Å². The molecule has 0 bridgehead atoms. The Hall–Kier alpha value is -2.12. The number of allylic oxidation sites excluding steroid dienone is 5. The van der Waals surface area contributed by atoms with Crippen LogP contribution in [0, 0.1) is 0 Å². The highest BCUT2D eigenvalue weighted by atomic mass is 16.7. The number of aliphatic hydroxyl groups excluding tert-OH is 5. The van der Waals surface area contributed by atoms with E-state index in [-0.39, 0.29) is 18.5 Å². The summed E-state index contributed by atoms with van der Waals surface area (Å²) < 4.78 is 16.7. The number of amides is 1. The Balaban J connectivity index is 1.94. The third-order valence-corrected chi connectivity index (χ3v) is 16.0. The predicted octanol–water partition coefficient (Wildman–Crippen LogP) is 16.6. The van der Waals surface area contributed by atoms with Crippen molar-refractivity contribution in [2.75, 3.05) is 19.8 Å². The number of aliphatic hydroxyl groups is 5. The molecule has 0 radical (unpaired) electrons. The first kappa shape index (κ1) is 74.9. The van der Waals surface area contributed by atoms with Crippen LogP contribution in [-0.2, 0) is 23.8 Å². The zero-order valence-electron chi connectivity index (χ0n) is 51.3. The van der Waals surface area contributed by atoms with Crippen LogP contribution in [0.1, 0.15) is 322 Å². The number of ether oxygens (including phenoxy) is 3. The van der Waals surface area contributed by atoms with Crippen LogP contribution >= 0.6 is 0 Å². The van der Waals surface area contributed by atoms with Crippen molar-refractivity contribution < 1.29 is 49.3 Å². The van der Waals surface area contributed by atoms with Gasteiger partial charge in [0.05, 0.1) is 32.0 Å². The van der Waals surface area contributed by atoms with E-state index in [2.05, 4.69) is 43.5 Å². The smallest absolute Gasteiger partial charge is 0.305 e. The van der Waals surface area contributed by atoms with Gasteiger partial charge in [-0.2, -0.15) is 0 Å². The van der Waals surface area contributed by atoms with E-state index in [1.807, 2.05) is 6.08 Å². The third kappa shape index (κ3) is 47.0. The van der Waals surface area contributed by atoms with Crippen LogP contribution in [-0.4, -0.2) is 100 Å². The fourth-order valence-corrected chi connectivity index (χ4v) is 10.6. The maximum atomic E-state index is 13.0. The molecule has 1 saturated heterocycles. The molecule has 1 fully saturated rings. The van der Waals surface area contributed by atoms with Crippen molar-refractivity contribution in [3.63, 3.8) is 0 Å². The summed E-state index contributed by atoms with van der Waals surface area (Å²) in [5, 5.41) is 54.3. The number of nitrogens with one attached hydrogen (secondary N) is 1. The molecule has 1 amide bonds. The van der Waals surface area contributed by atoms with Crippen LogP contribution in [0.15, 0.2) is 36.5 Å². The zero-order valence-corrected chi connectivity index (χ0v) is 51.3. The lowest BCUT2D eigenvalue weighted by atomic mass is 9.99. The quantitative estimate of drug-likeness (QED) is 0.0195. The summed E-state index contributed by atoms with van der Waals surface area (Å²) in [5.74, 6) is -0.185. The number of carbonyl (C=O) groups excluding carboxylic acids is 2. The van der Waals surface area contributed by atoms with Crippen LogP contribution in [0.4, 0.5) is 0 Å². The normalized spacial score (nSPS) is 18.6. The molecule has 1 aliphatic heterocycles. The second-order valence-electron chi connectivity index (χ2n) is 23.5. The third-order valence-electron chi connectivity index (χ3n) is 16.0. The van der Waals surface area contributed by atoms with Crippen molar-refractivity contribution in [1.82, 2.24) is 5.32 Å². The van der Waals surface area contributed by atoms with Gasteiger partial charge >= 0.3 is 5.97 Å². The first-order valence-electron chi connectivity index (χ1n) is 33.8. The Morgan fingerprint density at radius 3 is 1.22 bits per heavy atom. The topological polar surface area (TPSA) is 175 Å². The monoisotopic (exact) mass is 1120 g/mol. The number of hydrogen-bond donors (Lipinski definition) is 6. The molecule has 79 heavy (non-hydrogen) atoms. The first-order valence-corrected chi connectivity index (χ1v) is 33.8. The molecule has 11 heteroatoms. The molecule has 464 valence electrons. The minimum atomic E-state index is -1.57. The number of carbonyl (C=O) groups is 2. The molecular weight excluding hydrogens is 991 g/mol. The zero-order chi connectivity index (χ0) is 57.3. The number of rotatable bonds is 59. The Morgan fingerprint density at radius 1 is 0.456 bits per heavy atom. The summed E-state index contributed by atoms with van der Waals surface area (Å²) in [6.45, 7) is 4.32. The molecule has 6 N–H and O–H groups in total. The van der Waals surface area contributed by atoms with Gasteiger partial charge < -0.3 is 45.1 Å². The molecule has 0 aromatic rings. The fourth-order valence-electron chi connectivity index (χ4n) is 10.6. The fraction of sp³-hybridized carbons (Fsp3) is 0.882. The number of hydrogen-bond acceptors (Lipinski definition) is 10. The van der Waals surface area contributed by atoms with Gasteiger partial charge in [0.25, 0.3) is 0 Å². The molecule has 0 saturated carbocycles. The van der Waals surface area contributed by atoms with Crippen molar-refractivity contribution in [2.24, 2.45) is 0 Å². The van der Waals surface area contributed by atoms with E-state index in [1.165, 1.54) is 238 Å². The van der Waals surface area contributed by atoms with Gasteiger partial charge in [-0.25, -0.2) is 0 Å². The van der Waals surface area contributed by atoms with Gasteiger partial charge in [-0.3, -0.25) is 9.59 Å². The maximum absolute atomic E-state index is 13.0. The van der Waals surface area contributed by atoms with Gasteiger partial charge in [0.1, 0.15) is 24.4 Å². The van der Waals surface area contributed by atoms with Crippen LogP contribution < -0.4 is 5.32 Å². The number of unbranched alkanes of at least 4 members (excludes halogenated alkanes) is 41. The number of esters is 1. The van der Waals surface area contributed by atoms with E-state index in [0.29, 0.717) is 19.4 Å². The SMILES string of the molecule is CCCCCCC/C=C\CCCCCCCC(=O)OCCCCCCCCCCCCCC/C=C\CCCCCCCCCCCCCCC(=O)NC(COC1OC(CO)C(O)C(O)C1O)C(O)/C=C/CCCCCCCCC. The Morgan fingerprint density at radius 2 is 0.810 bits per heavy atom. The van der Waals surface area contributed by atoms with Crippen molar-refractivity contribution >= 4 is 11.9 Å². The largest absolute Gasteiger partial charge is 0.466 e. The Bertz CT molecular complexity index is 1410. The summed E-state index contributed by atoms with van der Waals surface area (Å²) in [5.41, 5.74) is 0. The van der Waals surface area contributed by atoms with Crippen molar-refractivity contribution in [3.8, 4) is 0 Å². The minimum Gasteiger partial charge on any atom is -0.466 e. The lowest BCUT2D eigenvalue weighted by molar-refractivity contribution is -0.302. The van der Waals surface area contributed by atoms with Gasteiger partial charge in [0.15, 0.2) is 6.29 Å². The average molecular weight is 1120 g/mol. The molecule has 0 aromatic carbocycles. The molecule has 1 heterocycles. The highest BCUT2D eigenvalue weighted by molar-refractivity contribution is 5.76. The summed E-state index contributed by atoms with van der Waals surface area (Å²) in [6, 6.07) is -0.808. The maximum Gasteiger partial charge on any atom is 0.305 e.